The minimum atomic E-state index is -1.66. The minimum absolute atomic E-state index is 0.00549. The maximum absolute atomic E-state index is 13.1. The quantitative estimate of drug-likeness (QED) is 0.0980. The fourth-order valence-corrected chi connectivity index (χ4v) is 10.3. The molecular weight excluding hydrogens is 580 g/mol. The van der Waals surface area contributed by atoms with Crippen molar-refractivity contribution in [3.8, 4) is 0 Å². The number of ether oxygens (including phenoxy) is 1. The first-order valence-corrected chi connectivity index (χ1v) is 19.0. The second-order valence-corrected chi connectivity index (χ2v) is 15.8. The molecule has 262 valence electrons. The number of fused-ring (bicyclic) bond motifs is 5. The Bertz CT molecular complexity index is 1070. The van der Waals surface area contributed by atoms with Crippen molar-refractivity contribution in [2.45, 2.75) is 180 Å². The Morgan fingerprint density at radius 1 is 0.891 bits per heavy atom. The SMILES string of the molecule is CCCCCCCCCCCCCCCCCC(=O)OC1CC(=O)C=C2CC[C@@H]3[C@H]([C@@H](O)C[C@@]4(C)[C@H]3CC[C@]4(O)C(=O)CO)[C@]21C. The van der Waals surface area contributed by atoms with E-state index in [9.17, 15) is 29.7 Å². The van der Waals surface area contributed by atoms with Gasteiger partial charge in [0.2, 0.25) is 0 Å². The summed E-state index contributed by atoms with van der Waals surface area (Å²) in [6.45, 7) is 5.50. The zero-order valence-electron chi connectivity index (χ0n) is 29.2. The number of unbranched alkanes of at least 4 members (excludes halogenated alkanes) is 14. The highest BCUT2D eigenvalue weighted by Gasteiger charge is 2.69. The summed E-state index contributed by atoms with van der Waals surface area (Å²) in [5.74, 6) is -1.10. The van der Waals surface area contributed by atoms with E-state index in [0.717, 1.165) is 31.3 Å². The van der Waals surface area contributed by atoms with Gasteiger partial charge >= 0.3 is 5.97 Å². The van der Waals surface area contributed by atoms with E-state index in [0.29, 0.717) is 19.3 Å². The van der Waals surface area contributed by atoms with Gasteiger partial charge in [-0.15, -0.1) is 0 Å². The number of rotatable bonds is 19. The molecule has 8 atom stereocenters. The lowest BCUT2D eigenvalue weighted by Gasteiger charge is -2.61. The van der Waals surface area contributed by atoms with Gasteiger partial charge < -0.3 is 20.1 Å². The fourth-order valence-electron chi connectivity index (χ4n) is 10.3. The Hall–Kier alpha value is -1.57. The Labute approximate surface area is 278 Å². The van der Waals surface area contributed by atoms with Crippen molar-refractivity contribution >= 4 is 17.5 Å². The third-order valence-electron chi connectivity index (χ3n) is 13.0. The summed E-state index contributed by atoms with van der Waals surface area (Å²) in [5, 5.41) is 32.9. The van der Waals surface area contributed by atoms with Crippen LogP contribution in [0, 0.1) is 28.6 Å². The van der Waals surface area contributed by atoms with Gasteiger partial charge in [-0.25, -0.2) is 0 Å². The number of hydrogen-bond donors (Lipinski definition) is 3. The average molecular weight is 645 g/mol. The van der Waals surface area contributed by atoms with Gasteiger partial charge in [0.05, 0.1) is 6.10 Å². The highest BCUT2D eigenvalue weighted by molar-refractivity contribution is 5.92. The molecule has 4 aliphatic rings. The third kappa shape index (κ3) is 7.83. The number of ketones is 2. The van der Waals surface area contributed by atoms with E-state index >= 15 is 0 Å². The third-order valence-corrected chi connectivity index (χ3v) is 13.0. The van der Waals surface area contributed by atoms with Crippen molar-refractivity contribution < 1.29 is 34.4 Å². The molecule has 0 amide bonds. The van der Waals surface area contributed by atoms with Crippen molar-refractivity contribution in [2.24, 2.45) is 28.6 Å². The van der Waals surface area contributed by atoms with Crippen LogP contribution in [0.4, 0.5) is 0 Å². The number of carbonyl (C=O) groups excluding carboxylic acids is 3. The van der Waals surface area contributed by atoms with E-state index in [4.69, 9.17) is 4.74 Å². The molecule has 7 heteroatoms. The molecular formula is C39H64O7. The lowest BCUT2D eigenvalue weighted by molar-refractivity contribution is -0.197. The van der Waals surface area contributed by atoms with E-state index in [1.54, 1.807) is 6.08 Å². The van der Waals surface area contributed by atoms with Crippen LogP contribution in [0.1, 0.15) is 162 Å². The number of aliphatic hydroxyl groups is 3. The van der Waals surface area contributed by atoms with Crippen LogP contribution in [0.5, 0.6) is 0 Å². The highest BCUT2D eigenvalue weighted by atomic mass is 16.5. The molecule has 4 aliphatic carbocycles. The van der Waals surface area contributed by atoms with Gasteiger partial charge in [-0.1, -0.05) is 116 Å². The molecule has 7 nitrogen and oxygen atoms in total. The zero-order chi connectivity index (χ0) is 33.4. The van der Waals surface area contributed by atoms with Crippen LogP contribution in [0.15, 0.2) is 11.6 Å². The number of Topliss-reactive ketones (excluding diaryl/α,β-unsaturated/α-hetero) is 1. The molecule has 0 saturated heterocycles. The summed E-state index contributed by atoms with van der Waals surface area (Å²) < 4.78 is 6.14. The molecule has 0 radical (unpaired) electrons. The Kier molecular flexibility index (Phi) is 13.5. The smallest absolute Gasteiger partial charge is 0.306 e. The van der Waals surface area contributed by atoms with Crippen LogP contribution in [0.3, 0.4) is 0 Å². The van der Waals surface area contributed by atoms with Crippen LogP contribution in [-0.2, 0) is 19.1 Å². The standard InChI is InChI=1S/C39H64O7/c1-4-5-6-7-8-9-10-11-12-13-14-15-16-17-18-19-35(44)46-34-25-29(41)24-28-20-21-30-31-22-23-39(45,33(43)27-40)37(31,2)26-32(42)36(30)38(28,34)3/h24,30-32,34,36,40,42,45H,4-23,25-27H2,1-3H3/t30-,31-,32-,34?,36+,37-,38+,39-/m0/s1. The van der Waals surface area contributed by atoms with E-state index < -0.39 is 41.0 Å². The van der Waals surface area contributed by atoms with Crippen LogP contribution < -0.4 is 0 Å². The minimum Gasteiger partial charge on any atom is -0.461 e. The maximum Gasteiger partial charge on any atom is 0.306 e. The van der Waals surface area contributed by atoms with Crippen LogP contribution in [0.25, 0.3) is 0 Å². The Balaban J connectivity index is 1.24. The van der Waals surface area contributed by atoms with Gasteiger partial charge in [-0.05, 0) is 56.4 Å². The topological polar surface area (TPSA) is 121 Å². The van der Waals surface area contributed by atoms with Crippen molar-refractivity contribution in [2.75, 3.05) is 6.61 Å². The molecule has 0 spiro atoms. The second-order valence-electron chi connectivity index (χ2n) is 15.8. The Morgan fingerprint density at radius 3 is 2.02 bits per heavy atom. The molecule has 3 fully saturated rings. The predicted octanol–water partition coefficient (Wildman–Crippen LogP) is 7.56. The lowest BCUT2D eigenvalue weighted by atomic mass is 9.44. The lowest BCUT2D eigenvalue weighted by Crippen LogP contribution is -2.64. The normalized spacial score (nSPS) is 35.2. The molecule has 1 unspecified atom stereocenters. The number of carbonyl (C=O) groups is 3. The monoisotopic (exact) mass is 644 g/mol. The fraction of sp³-hybridized carbons (Fsp3) is 0.872. The number of esters is 1. The van der Waals surface area contributed by atoms with E-state index in [-0.39, 0.29) is 48.8 Å². The molecule has 0 aliphatic heterocycles. The highest BCUT2D eigenvalue weighted by Crippen LogP contribution is 2.67. The molecule has 0 aromatic rings. The first-order valence-electron chi connectivity index (χ1n) is 19.0. The van der Waals surface area contributed by atoms with Crippen molar-refractivity contribution in [1.82, 2.24) is 0 Å². The molecule has 4 rings (SSSR count). The Morgan fingerprint density at radius 2 is 1.46 bits per heavy atom. The van der Waals surface area contributed by atoms with Crippen LogP contribution >= 0.6 is 0 Å². The summed E-state index contributed by atoms with van der Waals surface area (Å²) >= 11 is 0. The molecule has 46 heavy (non-hydrogen) atoms. The maximum atomic E-state index is 13.1. The molecule has 0 aromatic carbocycles. The number of aliphatic hydroxyl groups excluding tert-OH is 2. The summed E-state index contributed by atoms with van der Waals surface area (Å²) in [5.41, 5.74) is -2.21. The van der Waals surface area contributed by atoms with Gasteiger partial charge in [0.25, 0.3) is 0 Å². The molecule has 0 bridgehead atoms. The van der Waals surface area contributed by atoms with Crippen molar-refractivity contribution in [3.63, 3.8) is 0 Å². The van der Waals surface area contributed by atoms with Gasteiger partial charge in [0.15, 0.2) is 11.6 Å². The second kappa shape index (κ2) is 16.7. The number of hydrogen-bond acceptors (Lipinski definition) is 7. The first kappa shape index (κ1) is 37.3. The summed E-state index contributed by atoms with van der Waals surface area (Å²) in [6.07, 6.45) is 22.2. The van der Waals surface area contributed by atoms with Crippen LogP contribution in [-0.4, -0.2) is 57.3 Å². The average Bonchev–Trinajstić information content (AvgIpc) is 3.29. The van der Waals surface area contributed by atoms with Crippen molar-refractivity contribution in [1.29, 1.82) is 0 Å². The van der Waals surface area contributed by atoms with Crippen molar-refractivity contribution in [3.05, 3.63) is 11.6 Å². The molecule has 3 N–H and O–H groups in total. The van der Waals surface area contributed by atoms with Gasteiger partial charge in [-0.3, -0.25) is 14.4 Å². The molecule has 0 heterocycles. The van der Waals surface area contributed by atoms with Gasteiger partial charge in [0.1, 0.15) is 18.3 Å². The molecule has 3 saturated carbocycles. The van der Waals surface area contributed by atoms with E-state index in [1.807, 2.05) is 6.92 Å². The van der Waals surface area contributed by atoms with Gasteiger partial charge in [-0.2, -0.15) is 0 Å². The van der Waals surface area contributed by atoms with E-state index in [2.05, 4.69) is 13.8 Å². The van der Waals surface area contributed by atoms with E-state index in [1.165, 1.54) is 77.0 Å². The summed E-state index contributed by atoms with van der Waals surface area (Å²) in [6, 6.07) is 0. The largest absolute Gasteiger partial charge is 0.461 e. The van der Waals surface area contributed by atoms with Gasteiger partial charge in [0, 0.05) is 29.6 Å². The molecule has 0 aromatic heterocycles. The zero-order valence-corrected chi connectivity index (χ0v) is 29.2. The predicted molar refractivity (Wildman–Crippen MR) is 180 cm³/mol. The first-order chi connectivity index (χ1) is 22.0. The van der Waals surface area contributed by atoms with Crippen LogP contribution in [0.2, 0.25) is 0 Å². The summed E-state index contributed by atoms with van der Waals surface area (Å²) in [4.78, 5) is 38.7. The summed E-state index contributed by atoms with van der Waals surface area (Å²) in [7, 11) is 0.